The predicted molar refractivity (Wildman–Crippen MR) is 124 cm³/mol. The molecule has 1 aromatic rings. The Morgan fingerprint density at radius 2 is 1.82 bits per heavy atom. The Morgan fingerprint density at radius 3 is 2.39 bits per heavy atom. The van der Waals surface area contributed by atoms with E-state index in [2.05, 4.69) is 20.3 Å². The van der Waals surface area contributed by atoms with Gasteiger partial charge in [-0.15, -0.1) is 0 Å². The number of aliphatic hydroxyl groups excluding tert-OH is 1. The molecular weight excluding hydrogens is 452 g/mol. The van der Waals surface area contributed by atoms with E-state index in [4.69, 9.17) is 11.5 Å². The number of carbonyl (C=O) groups excluding carboxylic acids is 3. The fourth-order valence-corrected chi connectivity index (χ4v) is 3.52. The molecule has 0 heterocycles. The third kappa shape index (κ3) is 11.2. The third-order valence-electron chi connectivity index (χ3n) is 4.26. The lowest BCUT2D eigenvalue weighted by atomic mass is 10.1. The largest absolute Gasteiger partial charge is 0.394 e. The average Bonchev–Trinajstić information content (AvgIpc) is 2.78. The highest BCUT2D eigenvalue weighted by atomic mass is 32.2. The molecule has 0 radical (unpaired) electrons. The molecular formula is C20H30N6O6S. The number of aliphatic hydroxyl groups is 1. The molecule has 0 saturated heterocycles. The van der Waals surface area contributed by atoms with E-state index in [0.717, 1.165) is 5.41 Å². The second-order valence-electron chi connectivity index (χ2n) is 7.04. The van der Waals surface area contributed by atoms with Gasteiger partial charge < -0.3 is 32.0 Å². The summed E-state index contributed by atoms with van der Waals surface area (Å²) in [7, 11) is -4.06. The maximum Gasteiger partial charge on any atom is 0.242 e. The lowest BCUT2D eigenvalue weighted by molar-refractivity contribution is -0.130. The number of nitrogens with one attached hydrogen (secondary N) is 3. The molecule has 0 aliphatic heterocycles. The first-order chi connectivity index (χ1) is 15.6. The van der Waals surface area contributed by atoms with Crippen LogP contribution in [0.3, 0.4) is 0 Å². The zero-order valence-corrected chi connectivity index (χ0v) is 19.0. The SMILES string of the molecule is C[C@H](NC(=O)[C@@H](CO)NS(=O)(=O)/C=C/c1ccccc1)C(=O)N[C@H](C=O)CCCN=C(N)N. The summed E-state index contributed by atoms with van der Waals surface area (Å²) < 4.78 is 26.5. The average molecular weight is 483 g/mol. The highest BCUT2D eigenvalue weighted by Crippen LogP contribution is 2.04. The number of sulfonamides is 1. The molecule has 0 saturated carbocycles. The smallest absolute Gasteiger partial charge is 0.242 e. The summed E-state index contributed by atoms with van der Waals surface area (Å²) in [6, 6.07) is 5.18. The number of aliphatic imine (C=N–C) groups is 1. The highest BCUT2D eigenvalue weighted by Gasteiger charge is 2.26. The molecule has 1 aromatic carbocycles. The van der Waals surface area contributed by atoms with Crippen molar-refractivity contribution in [2.75, 3.05) is 13.2 Å². The molecule has 33 heavy (non-hydrogen) atoms. The van der Waals surface area contributed by atoms with E-state index in [1.165, 1.54) is 13.0 Å². The molecule has 2 amide bonds. The van der Waals surface area contributed by atoms with E-state index in [0.29, 0.717) is 18.3 Å². The first-order valence-electron chi connectivity index (χ1n) is 10.1. The predicted octanol–water partition coefficient (Wildman–Crippen LogP) is -1.82. The number of rotatable bonds is 14. The van der Waals surface area contributed by atoms with E-state index in [-0.39, 0.29) is 18.9 Å². The summed E-state index contributed by atoms with van der Waals surface area (Å²) in [6.07, 6.45) is 2.59. The first-order valence-corrected chi connectivity index (χ1v) is 11.6. The molecule has 3 atom stereocenters. The maximum absolute atomic E-state index is 12.4. The van der Waals surface area contributed by atoms with Gasteiger partial charge in [0.2, 0.25) is 21.8 Å². The summed E-state index contributed by atoms with van der Waals surface area (Å²) in [4.78, 5) is 39.6. The summed E-state index contributed by atoms with van der Waals surface area (Å²) in [5.74, 6) is -1.65. The number of amides is 2. The van der Waals surface area contributed by atoms with E-state index < -0.39 is 46.6 Å². The van der Waals surface area contributed by atoms with Crippen molar-refractivity contribution in [1.82, 2.24) is 15.4 Å². The molecule has 182 valence electrons. The van der Waals surface area contributed by atoms with Crippen molar-refractivity contribution in [3.05, 3.63) is 41.3 Å². The molecule has 8 N–H and O–H groups in total. The number of guanidine groups is 1. The zero-order valence-electron chi connectivity index (χ0n) is 18.2. The minimum Gasteiger partial charge on any atom is -0.394 e. The van der Waals surface area contributed by atoms with Crippen LogP contribution >= 0.6 is 0 Å². The van der Waals surface area contributed by atoms with Crippen molar-refractivity contribution in [2.45, 2.75) is 37.9 Å². The highest BCUT2D eigenvalue weighted by molar-refractivity contribution is 7.92. The Bertz CT molecular complexity index is 947. The summed E-state index contributed by atoms with van der Waals surface area (Å²) in [5, 5.41) is 15.1. The van der Waals surface area contributed by atoms with Crippen LogP contribution in [-0.4, -0.2) is 68.9 Å². The van der Waals surface area contributed by atoms with Crippen molar-refractivity contribution < 1.29 is 27.9 Å². The minimum atomic E-state index is -4.06. The first kappa shape index (κ1) is 27.7. The maximum atomic E-state index is 12.4. The van der Waals surface area contributed by atoms with Gasteiger partial charge in [-0.05, 0) is 31.4 Å². The normalized spacial score (nSPS) is 14.1. The summed E-state index contributed by atoms with van der Waals surface area (Å²) in [6.45, 7) is 0.805. The van der Waals surface area contributed by atoms with Crippen LogP contribution in [0.5, 0.6) is 0 Å². The van der Waals surface area contributed by atoms with Crippen LogP contribution in [0.2, 0.25) is 0 Å². The van der Waals surface area contributed by atoms with Crippen LogP contribution in [-0.2, 0) is 24.4 Å². The van der Waals surface area contributed by atoms with Crippen LogP contribution in [0.15, 0.2) is 40.7 Å². The van der Waals surface area contributed by atoms with Gasteiger partial charge in [0, 0.05) is 12.0 Å². The molecule has 0 aromatic heterocycles. The quantitative estimate of drug-likeness (QED) is 0.0768. The fourth-order valence-electron chi connectivity index (χ4n) is 2.52. The van der Waals surface area contributed by atoms with Gasteiger partial charge in [-0.3, -0.25) is 14.6 Å². The van der Waals surface area contributed by atoms with E-state index >= 15 is 0 Å². The zero-order chi connectivity index (χ0) is 24.9. The second kappa shape index (κ2) is 14.0. The van der Waals surface area contributed by atoms with E-state index in [9.17, 15) is 27.9 Å². The van der Waals surface area contributed by atoms with Gasteiger partial charge in [-0.2, -0.15) is 4.72 Å². The Balaban J connectivity index is 2.62. The van der Waals surface area contributed by atoms with Crippen LogP contribution in [0.4, 0.5) is 0 Å². The molecule has 13 heteroatoms. The number of carbonyl (C=O) groups is 3. The van der Waals surface area contributed by atoms with Gasteiger partial charge in [-0.1, -0.05) is 30.3 Å². The number of nitrogens with zero attached hydrogens (tertiary/aromatic N) is 1. The Labute approximate surface area is 192 Å². The monoisotopic (exact) mass is 482 g/mol. The minimum absolute atomic E-state index is 0.0809. The summed E-state index contributed by atoms with van der Waals surface area (Å²) in [5.41, 5.74) is 11.0. The molecule has 0 bridgehead atoms. The third-order valence-corrected chi connectivity index (χ3v) is 5.36. The van der Waals surface area contributed by atoms with Gasteiger partial charge in [-0.25, -0.2) is 8.42 Å². The summed E-state index contributed by atoms with van der Waals surface area (Å²) >= 11 is 0. The van der Waals surface area contributed by atoms with Gasteiger partial charge in [0.25, 0.3) is 0 Å². The van der Waals surface area contributed by atoms with E-state index in [1.807, 2.05) is 0 Å². The van der Waals surface area contributed by atoms with Crippen LogP contribution < -0.4 is 26.8 Å². The van der Waals surface area contributed by atoms with Crippen LogP contribution in [0.25, 0.3) is 6.08 Å². The Morgan fingerprint density at radius 1 is 1.15 bits per heavy atom. The lowest BCUT2D eigenvalue weighted by Crippen LogP contribution is -2.54. The van der Waals surface area contributed by atoms with Gasteiger partial charge in [0.1, 0.15) is 18.4 Å². The topological polar surface area (TPSA) is 206 Å². The van der Waals surface area contributed by atoms with Crippen molar-refractivity contribution in [3.63, 3.8) is 0 Å². The number of hydrogen-bond acceptors (Lipinski definition) is 7. The van der Waals surface area contributed by atoms with Crippen molar-refractivity contribution in [1.29, 1.82) is 0 Å². The number of nitrogens with two attached hydrogens (primary N) is 2. The molecule has 12 nitrogen and oxygen atoms in total. The number of aldehydes is 1. The molecule has 0 aliphatic carbocycles. The van der Waals surface area contributed by atoms with Gasteiger partial charge in [0.15, 0.2) is 5.96 Å². The second-order valence-corrected chi connectivity index (χ2v) is 8.64. The molecule has 0 unspecified atom stereocenters. The van der Waals surface area contributed by atoms with Gasteiger partial charge in [0.05, 0.1) is 12.6 Å². The number of hydrogen-bond donors (Lipinski definition) is 6. The lowest BCUT2D eigenvalue weighted by Gasteiger charge is -2.20. The van der Waals surface area contributed by atoms with Crippen molar-refractivity contribution >= 4 is 40.2 Å². The van der Waals surface area contributed by atoms with E-state index in [1.54, 1.807) is 30.3 Å². The number of benzene rings is 1. The molecule has 0 fully saturated rings. The standard InChI is InChI=1S/C20H30N6O6S/c1-14(18(29)25-16(12-27)8-5-10-23-20(21)22)24-19(30)17(13-28)26-33(31,32)11-9-15-6-3-2-4-7-15/h2-4,6-7,9,11-12,14,16-17,26,28H,5,8,10,13H2,1H3,(H,24,30)(H,25,29)(H4,21,22,23)/b11-9+/t14-,16-,17+/m0/s1. The van der Waals surface area contributed by atoms with Crippen molar-refractivity contribution in [3.8, 4) is 0 Å². The Kier molecular flexibility index (Phi) is 11.8. The van der Waals surface area contributed by atoms with Gasteiger partial charge >= 0.3 is 0 Å². The van der Waals surface area contributed by atoms with Crippen LogP contribution in [0, 0.1) is 0 Å². The van der Waals surface area contributed by atoms with Crippen molar-refractivity contribution in [2.24, 2.45) is 16.5 Å². The fraction of sp³-hybridized carbons (Fsp3) is 0.400. The molecule has 0 aliphatic rings. The molecule has 0 spiro atoms. The van der Waals surface area contributed by atoms with Crippen LogP contribution in [0.1, 0.15) is 25.3 Å². The molecule has 1 rings (SSSR count). The Hall–Kier alpha value is -3.29.